The molecule has 0 aliphatic heterocycles. The average Bonchev–Trinajstić information content (AvgIpc) is 3.11. The van der Waals surface area contributed by atoms with Gasteiger partial charge in [0, 0.05) is 19.3 Å². The fourth-order valence-electron chi connectivity index (χ4n) is 6.42. The molecule has 0 N–H and O–H groups in total. The van der Waals surface area contributed by atoms with E-state index in [0.29, 0.717) is 19.3 Å². The second-order valence-corrected chi connectivity index (χ2v) is 15.2. The van der Waals surface area contributed by atoms with Crippen LogP contribution in [0.3, 0.4) is 0 Å². The van der Waals surface area contributed by atoms with Gasteiger partial charge in [0.1, 0.15) is 13.2 Å². The lowest BCUT2D eigenvalue weighted by molar-refractivity contribution is -0.167. The van der Waals surface area contributed by atoms with Crippen LogP contribution in [0.15, 0.2) is 0 Å². The first kappa shape index (κ1) is 48.4. The Morgan fingerprint density at radius 2 is 0.700 bits per heavy atom. The van der Waals surface area contributed by atoms with Crippen LogP contribution in [-0.4, -0.2) is 37.2 Å². The standard InChI is InChI=1S/C44H84O6/c1-5-8-10-12-14-16-17-18-19-21-22-27-31-35-42(45)48-38-41(50-44(47)37-33-29-23-20-15-13-11-9-6-2)39-49-43(46)36-32-28-25-24-26-30-34-40(4)7-3/h40-41H,5-39H2,1-4H3/t40?,41-/m1/s1. The van der Waals surface area contributed by atoms with Gasteiger partial charge >= 0.3 is 17.9 Å². The van der Waals surface area contributed by atoms with Gasteiger partial charge < -0.3 is 14.2 Å². The number of carbonyl (C=O) groups is 3. The highest BCUT2D eigenvalue weighted by atomic mass is 16.6. The topological polar surface area (TPSA) is 78.9 Å². The first-order chi connectivity index (χ1) is 24.4. The van der Waals surface area contributed by atoms with E-state index in [1.54, 1.807) is 0 Å². The predicted octanol–water partition coefficient (Wildman–Crippen LogP) is 13.6. The van der Waals surface area contributed by atoms with E-state index in [4.69, 9.17) is 14.2 Å². The lowest BCUT2D eigenvalue weighted by Crippen LogP contribution is -2.30. The predicted molar refractivity (Wildman–Crippen MR) is 210 cm³/mol. The molecule has 2 atom stereocenters. The Balaban J connectivity index is 4.32. The van der Waals surface area contributed by atoms with E-state index >= 15 is 0 Å². The Morgan fingerprint density at radius 1 is 0.400 bits per heavy atom. The van der Waals surface area contributed by atoms with E-state index in [9.17, 15) is 14.4 Å². The monoisotopic (exact) mass is 709 g/mol. The Kier molecular flexibility index (Phi) is 37.4. The van der Waals surface area contributed by atoms with Crippen LogP contribution in [0.5, 0.6) is 0 Å². The third-order valence-electron chi connectivity index (χ3n) is 10.2. The Labute approximate surface area is 310 Å². The molecule has 0 amide bonds. The van der Waals surface area contributed by atoms with Crippen LogP contribution in [0.25, 0.3) is 0 Å². The molecular formula is C44H84O6. The summed E-state index contributed by atoms with van der Waals surface area (Å²) in [5.74, 6) is -0.0474. The van der Waals surface area contributed by atoms with Crippen molar-refractivity contribution < 1.29 is 28.6 Å². The summed E-state index contributed by atoms with van der Waals surface area (Å²) in [6, 6.07) is 0. The maximum Gasteiger partial charge on any atom is 0.306 e. The van der Waals surface area contributed by atoms with E-state index < -0.39 is 6.10 Å². The molecule has 0 saturated heterocycles. The SMILES string of the molecule is CCCCCCCCCCCCCCCC(=O)OC[C@H](COC(=O)CCCCCCCCC(C)CC)OC(=O)CCCCCCCCCCC. The number of hydrogen-bond acceptors (Lipinski definition) is 6. The molecule has 6 heteroatoms. The molecule has 0 radical (unpaired) electrons. The molecule has 0 aliphatic rings. The lowest BCUT2D eigenvalue weighted by Gasteiger charge is -2.18. The molecule has 0 heterocycles. The molecule has 50 heavy (non-hydrogen) atoms. The zero-order valence-electron chi connectivity index (χ0n) is 33.9. The number of unbranched alkanes of at least 4 members (excludes halogenated alkanes) is 25. The van der Waals surface area contributed by atoms with Crippen molar-refractivity contribution in [3.8, 4) is 0 Å². The largest absolute Gasteiger partial charge is 0.462 e. The lowest BCUT2D eigenvalue weighted by atomic mass is 10.00. The smallest absolute Gasteiger partial charge is 0.306 e. The van der Waals surface area contributed by atoms with Crippen molar-refractivity contribution in [2.75, 3.05) is 13.2 Å². The van der Waals surface area contributed by atoms with Gasteiger partial charge in [-0.3, -0.25) is 14.4 Å². The van der Waals surface area contributed by atoms with Crippen LogP contribution in [0.4, 0.5) is 0 Å². The third-order valence-corrected chi connectivity index (χ3v) is 10.2. The van der Waals surface area contributed by atoms with Crippen molar-refractivity contribution in [3.63, 3.8) is 0 Å². The summed E-state index contributed by atoms with van der Waals surface area (Å²) in [5, 5.41) is 0. The van der Waals surface area contributed by atoms with Gasteiger partial charge in [-0.2, -0.15) is 0 Å². The van der Waals surface area contributed by atoms with Gasteiger partial charge in [0.05, 0.1) is 0 Å². The van der Waals surface area contributed by atoms with Crippen LogP contribution >= 0.6 is 0 Å². The molecule has 0 aromatic carbocycles. The highest BCUT2D eigenvalue weighted by molar-refractivity contribution is 5.71. The van der Waals surface area contributed by atoms with Crippen LogP contribution in [0, 0.1) is 5.92 Å². The van der Waals surface area contributed by atoms with Crippen molar-refractivity contribution in [1.82, 2.24) is 0 Å². The first-order valence-corrected chi connectivity index (χ1v) is 21.9. The van der Waals surface area contributed by atoms with E-state index in [2.05, 4.69) is 27.7 Å². The summed E-state index contributed by atoms with van der Waals surface area (Å²) in [7, 11) is 0. The minimum absolute atomic E-state index is 0.0648. The number of carbonyl (C=O) groups excluding carboxylic acids is 3. The number of esters is 3. The molecule has 0 aromatic heterocycles. The van der Waals surface area contributed by atoms with Gasteiger partial charge in [-0.15, -0.1) is 0 Å². The summed E-state index contributed by atoms with van der Waals surface area (Å²) in [6.45, 7) is 8.94. The van der Waals surface area contributed by atoms with E-state index in [-0.39, 0.29) is 31.1 Å². The van der Waals surface area contributed by atoms with Gasteiger partial charge in [0.15, 0.2) is 6.10 Å². The summed E-state index contributed by atoms with van der Waals surface area (Å²) in [5.41, 5.74) is 0. The fraction of sp³-hybridized carbons (Fsp3) is 0.932. The normalized spacial score (nSPS) is 12.5. The van der Waals surface area contributed by atoms with E-state index in [1.165, 1.54) is 135 Å². The molecule has 296 valence electrons. The van der Waals surface area contributed by atoms with Gasteiger partial charge in [-0.1, -0.05) is 201 Å². The van der Waals surface area contributed by atoms with Crippen molar-refractivity contribution >= 4 is 17.9 Å². The molecule has 0 aliphatic carbocycles. The van der Waals surface area contributed by atoms with E-state index in [1.807, 2.05) is 0 Å². The van der Waals surface area contributed by atoms with Gasteiger partial charge in [0.2, 0.25) is 0 Å². The van der Waals surface area contributed by atoms with Crippen molar-refractivity contribution in [1.29, 1.82) is 0 Å². The molecule has 0 rings (SSSR count). The minimum Gasteiger partial charge on any atom is -0.462 e. The van der Waals surface area contributed by atoms with Crippen LogP contribution in [0.2, 0.25) is 0 Å². The number of hydrogen-bond donors (Lipinski definition) is 0. The maximum atomic E-state index is 12.6. The van der Waals surface area contributed by atoms with Crippen molar-refractivity contribution in [3.05, 3.63) is 0 Å². The van der Waals surface area contributed by atoms with Gasteiger partial charge in [0.25, 0.3) is 0 Å². The Hall–Kier alpha value is -1.59. The van der Waals surface area contributed by atoms with Gasteiger partial charge in [-0.05, 0) is 25.2 Å². The molecule has 0 bridgehead atoms. The summed E-state index contributed by atoms with van der Waals surface area (Å²) >= 11 is 0. The number of rotatable bonds is 39. The second-order valence-electron chi connectivity index (χ2n) is 15.2. The minimum atomic E-state index is -0.758. The quantitative estimate of drug-likeness (QED) is 0.0359. The molecule has 0 aromatic rings. The van der Waals surface area contributed by atoms with Crippen LogP contribution in [0.1, 0.15) is 240 Å². The Morgan fingerprint density at radius 3 is 1.04 bits per heavy atom. The average molecular weight is 709 g/mol. The van der Waals surface area contributed by atoms with E-state index in [0.717, 1.165) is 63.7 Å². The highest BCUT2D eigenvalue weighted by Crippen LogP contribution is 2.16. The second kappa shape index (κ2) is 38.6. The third kappa shape index (κ3) is 36.2. The molecule has 1 unspecified atom stereocenters. The molecule has 0 spiro atoms. The van der Waals surface area contributed by atoms with Crippen LogP contribution in [-0.2, 0) is 28.6 Å². The molecule has 6 nitrogen and oxygen atoms in total. The zero-order chi connectivity index (χ0) is 36.8. The first-order valence-electron chi connectivity index (χ1n) is 21.9. The molecular weight excluding hydrogens is 624 g/mol. The van der Waals surface area contributed by atoms with Gasteiger partial charge in [-0.25, -0.2) is 0 Å². The zero-order valence-corrected chi connectivity index (χ0v) is 33.9. The van der Waals surface area contributed by atoms with Crippen LogP contribution < -0.4 is 0 Å². The number of ether oxygens (including phenoxy) is 3. The summed E-state index contributed by atoms with van der Waals surface area (Å²) < 4.78 is 16.7. The summed E-state index contributed by atoms with van der Waals surface area (Å²) in [4.78, 5) is 37.6. The van der Waals surface area contributed by atoms with Crippen molar-refractivity contribution in [2.45, 2.75) is 246 Å². The molecule has 0 saturated carbocycles. The highest BCUT2D eigenvalue weighted by Gasteiger charge is 2.19. The fourth-order valence-corrected chi connectivity index (χ4v) is 6.42. The maximum absolute atomic E-state index is 12.6. The summed E-state index contributed by atoms with van der Waals surface area (Å²) in [6.07, 6.45) is 36.6. The molecule has 0 fully saturated rings. The Bertz CT molecular complexity index is 753. The van der Waals surface area contributed by atoms with Crippen molar-refractivity contribution in [2.24, 2.45) is 5.92 Å².